The van der Waals surface area contributed by atoms with Crippen molar-refractivity contribution >= 4 is 0 Å². The van der Waals surface area contributed by atoms with Gasteiger partial charge < -0.3 is 14.8 Å². The molecule has 1 aliphatic rings. The van der Waals surface area contributed by atoms with Crippen LogP contribution in [0.2, 0.25) is 0 Å². The second-order valence-corrected chi connectivity index (χ2v) is 4.07. The quantitative estimate of drug-likeness (QED) is 0.670. The maximum atomic E-state index is 5.71. The number of ether oxygens (including phenoxy) is 2. The van der Waals surface area contributed by atoms with E-state index in [2.05, 4.69) is 19.2 Å². The maximum Gasteiger partial charge on any atom is 0.0823 e. The summed E-state index contributed by atoms with van der Waals surface area (Å²) in [5.41, 5.74) is 0. The van der Waals surface area contributed by atoms with Gasteiger partial charge in [0.2, 0.25) is 0 Å². The van der Waals surface area contributed by atoms with Crippen LogP contribution in [0.25, 0.3) is 0 Å². The molecule has 1 saturated heterocycles. The Morgan fingerprint density at radius 1 is 1.31 bits per heavy atom. The Bertz CT molecular complexity index is 135. The van der Waals surface area contributed by atoms with Gasteiger partial charge in [-0.3, -0.25) is 0 Å². The Hall–Kier alpha value is -0.120. The summed E-state index contributed by atoms with van der Waals surface area (Å²) in [6, 6.07) is 0. The van der Waals surface area contributed by atoms with E-state index < -0.39 is 0 Å². The Labute approximate surface area is 80.8 Å². The largest absolute Gasteiger partial charge is 0.384 e. The minimum Gasteiger partial charge on any atom is -0.384 e. The molecule has 1 N–H and O–H groups in total. The van der Waals surface area contributed by atoms with Crippen molar-refractivity contribution in [3.05, 3.63) is 0 Å². The summed E-state index contributed by atoms with van der Waals surface area (Å²) in [6.07, 6.45) is 0.443. The highest BCUT2D eigenvalue weighted by atomic mass is 16.5. The van der Waals surface area contributed by atoms with Crippen molar-refractivity contribution < 1.29 is 9.47 Å². The van der Waals surface area contributed by atoms with Crippen molar-refractivity contribution in [2.24, 2.45) is 11.8 Å². The van der Waals surface area contributed by atoms with Crippen LogP contribution >= 0.6 is 0 Å². The van der Waals surface area contributed by atoms with Gasteiger partial charge in [0, 0.05) is 26.1 Å². The van der Waals surface area contributed by atoms with E-state index in [1.54, 1.807) is 7.11 Å². The normalized spacial score (nSPS) is 20.3. The van der Waals surface area contributed by atoms with Crippen LogP contribution < -0.4 is 5.32 Å². The highest BCUT2D eigenvalue weighted by molar-refractivity contribution is 4.75. The first-order chi connectivity index (χ1) is 6.24. The molecule has 0 aromatic carbocycles. The smallest absolute Gasteiger partial charge is 0.0823 e. The fourth-order valence-electron chi connectivity index (χ4n) is 1.29. The molecule has 0 aliphatic carbocycles. The number of rotatable bonds is 6. The molecule has 1 fully saturated rings. The summed E-state index contributed by atoms with van der Waals surface area (Å²) >= 11 is 0. The highest BCUT2D eigenvalue weighted by Gasteiger charge is 2.20. The van der Waals surface area contributed by atoms with Crippen LogP contribution in [0.1, 0.15) is 13.8 Å². The first-order valence-electron chi connectivity index (χ1n) is 5.05. The summed E-state index contributed by atoms with van der Waals surface area (Å²) in [4.78, 5) is 0. The van der Waals surface area contributed by atoms with Gasteiger partial charge in [0.15, 0.2) is 0 Å². The topological polar surface area (TPSA) is 30.5 Å². The Morgan fingerprint density at radius 2 is 2.00 bits per heavy atom. The number of methoxy groups -OCH3 is 1. The molecular weight excluding hydrogens is 166 g/mol. The van der Waals surface area contributed by atoms with Gasteiger partial charge in [-0.25, -0.2) is 0 Å². The van der Waals surface area contributed by atoms with Crippen molar-refractivity contribution in [1.82, 2.24) is 5.32 Å². The van der Waals surface area contributed by atoms with Crippen molar-refractivity contribution in [2.75, 3.05) is 33.4 Å². The summed E-state index contributed by atoms with van der Waals surface area (Å²) in [7, 11) is 1.75. The van der Waals surface area contributed by atoms with Crippen LogP contribution in [-0.2, 0) is 9.47 Å². The minimum absolute atomic E-state index is 0.443. The molecule has 0 saturated carbocycles. The van der Waals surface area contributed by atoms with Crippen LogP contribution in [0.5, 0.6) is 0 Å². The third-order valence-electron chi connectivity index (χ3n) is 2.61. The molecule has 0 amide bonds. The molecule has 0 radical (unpaired) electrons. The zero-order valence-corrected chi connectivity index (χ0v) is 8.88. The average molecular weight is 187 g/mol. The van der Waals surface area contributed by atoms with E-state index in [1.807, 2.05) is 0 Å². The van der Waals surface area contributed by atoms with E-state index in [4.69, 9.17) is 9.47 Å². The third kappa shape index (κ3) is 3.63. The molecule has 78 valence electrons. The Kier molecular flexibility index (Phi) is 4.70. The van der Waals surface area contributed by atoms with Gasteiger partial charge in [-0.05, 0) is 5.92 Å². The van der Waals surface area contributed by atoms with Crippen LogP contribution in [0.4, 0.5) is 0 Å². The highest BCUT2D eigenvalue weighted by Crippen LogP contribution is 2.13. The second-order valence-electron chi connectivity index (χ2n) is 4.07. The lowest BCUT2D eigenvalue weighted by Crippen LogP contribution is -2.49. The molecule has 1 aliphatic heterocycles. The lowest BCUT2D eigenvalue weighted by Gasteiger charge is -2.30. The number of hydrogen-bond acceptors (Lipinski definition) is 3. The van der Waals surface area contributed by atoms with Crippen LogP contribution in [0.3, 0.4) is 0 Å². The van der Waals surface area contributed by atoms with Gasteiger partial charge in [0.25, 0.3) is 0 Å². The molecule has 1 unspecified atom stereocenters. The monoisotopic (exact) mass is 187 g/mol. The predicted molar refractivity (Wildman–Crippen MR) is 52.8 cm³/mol. The van der Waals surface area contributed by atoms with Gasteiger partial charge in [0.05, 0.1) is 19.3 Å². The molecule has 0 spiro atoms. The zero-order valence-electron chi connectivity index (χ0n) is 8.88. The molecule has 1 heterocycles. The standard InChI is InChI=1S/C10H21NO2/c1-8(2)9(6-12-3)7-13-10-4-11-5-10/h8-11H,4-7H2,1-3H3. The maximum absolute atomic E-state index is 5.71. The van der Waals surface area contributed by atoms with Crippen molar-refractivity contribution in [1.29, 1.82) is 0 Å². The molecule has 0 bridgehead atoms. The van der Waals surface area contributed by atoms with Crippen molar-refractivity contribution in [3.63, 3.8) is 0 Å². The lowest BCUT2D eigenvalue weighted by molar-refractivity contribution is -0.0256. The van der Waals surface area contributed by atoms with Crippen LogP contribution in [-0.4, -0.2) is 39.5 Å². The van der Waals surface area contributed by atoms with E-state index in [9.17, 15) is 0 Å². The molecule has 13 heavy (non-hydrogen) atoms. The van der Waals surface area contributed by atoms with Crippen LogP contribution in [0, 0.1) is 11.8 Å². The van der Waals surface area contributed by atoms with Gasteiger partial charge in [0.1, 0.15) is 0 Å². The van der Waals surface area contributed by atoms with Crippen molar-refractivity contribution in [2.45, 2.75) is 20.0 Å². The summed E-state index contributed by atoms with van der Waals surface area (Å²) in [5, 5.41) is 3.19. The first kappa shape index (κ1) is 11.0. The van der Waals surface area contributed by atoms with E-state index in [1.165, 1.54) is 0 Å². The van der Waals surface area contributed by atoms with Gasteiger partial charge in [-0.2, -0.15) is 0 Å². The summed E-state index contributed by atoms with van der Waals surface area (Å²) in [5.74, 6) is 1.17. The Balaban J connectivity index is 2.12. The van der Waals surface area contributed by atoms with Crippen molar-refractivity contribution in [3.8, 4) is 0 Å². The summed E-state index contributed by atoms with van der Waals surface area (Å²) < 4.78 is 10.9. The fourth-order valence-corrected chi connectivity index (χ4v) is 1.29. The molecule has 3 nitrogen and oxygen atoms in total. The molecule has 0 aromatic heterocycles. The first-order valence-corrected chi connectivity index (χ1v) is 5.05. The number of nitrogens with one attached hydrogen (secondary N) is 1. The molecule has 1 rings (SSSR count). The lowest BCUT2D eigenvalue weighted by atomic mass is 9.98. The number of hydrogen-bond donors (Lipinski definition) is 1. The zero-order chi connectivity index (χ0) is 9.68. The fraction of sp³-hybridized carbons (Fsp3) is 1.00. The van der Waals surface area contributed by atoms with Crippen LogP contribution in [0.15, 0.2) is 0 Å². The molecular formula is C10H21NO2. The van der Waals surface area contributed by atoms with E-state index in [-0.39, 0.29) is 0 Å². The van der Waals surface area contributed by atoms with Gasteiger partial charge in [-0.15, -0.1) is 0 Å². The van der Waals surface area contributed by atoms with Gasteiger partial charge >= 0.3 is 0 Å². The van der Waals surface area contributed by atoms with E-state index >= 15 is 0 Å². The molecule has 1 atom stereocenters. The third-order valence-corrected chi connectivity index (χ3v) is 2.61. The van der Waals surface area contributed by atoms with E-state index in [0.29, 0.717) is 17.9 Å². The van der Waals surface area contributed by atoms with E-state index in [0.717, 1.165) is 26.3 Å². The summed E-state index contributed by atoms with van der Waals surface area (Å²) in [6.45, 7) is 8.09. The minimum atomic E-state index is 0.443. The second kappa shape index (κ2) is 5.58. The molecule has 0 aromatic rings. The molecule has 3 heteroatoms. The average Bonchev–Trinajstić information content (AvgIpc) is 1.99. The Morgan fingerprint density at radius 3 is 2.38 bits per heavy atom. The predicted octanol–water partition coefficient (Wildman–Crippen LogP) is 0.893. The van der Waals surface area contributed by atoms with Gasteiger partial charge in [-0.1, -0.05) is 13.8 Å². The SMILES string of the molecule is COCC(COC1CNC1)C(C)C.